The third-order valence-corrected chi connectivity index (χ3v) is 4.38. The van der Waals surface area contributed by atoms with Crippen LogP contribution in [0.5, 0.6) is 0 Å². The van der Waals surface area contributed by atoms with Crippen molar-refractivity contribution >= 4 is 5.91 Å². The fourth-order valence-corrected chi connectivity index (χ4v) is 2.90. The number of carbonyl (C=O) groups excluding carboxylic acids is 1. The third kappa shape index (κ3) is 3.53. The Morgan fingerprint density at radius 2 is 1.86 bits per heavy atom. The van der Waals surface area contributed by atoms with Gasteiger partial charge in [0.15, 0.2) is 0 Å². The van der Waals surface area contributed by atoms with E-state index in [1.165, 1.54) is 18.4 Å². The molecule has 1 atom stereocenters. The summed E-state index contributed by atoms with van der Waals surface area (Å²) in [7, 11) is 1.92. The molecule has 1 aromatic carbocycles. The Morgan fingerprint density at radius 3 is 2.50 bits per heavy atom. The van der Waals surface area contributed by atoms with Crippen molar-refractivity contribution in [3.8, 4) is 0 Å². The Kier molecular flexibility index (Phi) is 4.52. The molecule has 1 fully saturated rings. The lowest BCUT2D eigenvalue weighted by atomic mass is 9.92. The summed E-state index contributed by atoms with van der Waals surface area (Å²) in [6.45, 7) is 0.749. The molecule has 0 aliphatic heterocycles. The Bertz CT molecular complexity index is 608. The first kappa shape index (κ1) is 14.8. The Hall–Kier alpha value is -2.16. The van der Waals surface area contributed by atoms with Gasteiger partial charge in [0.1, 0.15) is 0 Å². The normalized spacial score (nSPS) is 15.3. The highest BCUT2D eigenvalue weighted by Crippen LogP contribution is 2.43. The minimum Gasteiger partial charge on any atom is -0.345 e. The molecule has 1 saturated carbocycles. The first-order valence-corrected chi connectivity index (χ1v) is 7.94. The molecule has 2 aromatic rings. The van der Waals surface area contributed by atoms with Gasteiger partial charge in [-0.25, -0.2) is 0 Å². The molecular formula is C19H22N2O. The van der Waals surface area contributed by atoms with Crippen molar-refractivity contribution in [2.75, 3.05) is 13.6 Å². The number of carbonyl (C=O) groups is 1. The molecule has 114 valence electrons. The lowest BCUT2D eigenvalue weighted by Gasteiger charge is -2.24. The monoisotopic (exact) mass is 294 g/mol. The van der Waals surface area contributed by atoms with Crippen molar-refractivity contribution in [1.29, 1.82) is 0 Å². The maximum Gasteiger partial charge on any atom is 0.230 e. The van der Waals surface area contributed by atoms with Crippen LogP contribution in [-0.4, -0.2) is 29.4 Å². The second kappa shape index (κ2) is 6.73. The van der Waals surface area contributed by atoms with Crippen molar-refractivity contribution < 1.29 is 4.79 Å². The highest BCUT2D eigenvalue weighted by molar-refractivity contribution is 5.84. The van der Waals surface area contributed by atoms with E-state index in [9.17, 15) is 4.79 Å². The van der Waals surface area contributed by atoms with Gasteiger partial charge in [0, 0.05) is 26.0 Å². The molecule has 1 aliphatic rings. The topological polar surface area (TPSA) is 33.2 Å². The van der Waals surface area contributed by atoms with Crippen LogP contribution >= 0.6 is 0 Å². The first-order valence-electron chi connectivity index (χ1n) is 7.94. The molecule has 1 unspecified atom stereocenters. The summed E-state index contributed by atoms with van der Waals surface area (Å²) < 4.78 is 0. The van der Waals surface area contributed by atoms with Gasteiger partial charge in [-0.15, -0.1) is 0 Å². The SMILES string of the molecule is CN(CCc1ccncc1)C(=O)C(c1ccccc1)C1CC1. The molecular weight excluding hydrogens is 272 g/mol. The van der Waals surface area contributed by atoms with Gasteiger partial charge >= 0.3 is 0 Å². The summed E-state index contributed by atoms with van der Waals surface area (Å²) >= 11 is 0. The molecule has 1 aliphatic carbocycles. The number of nitrogens with zero attached hydrogens (tertiary/aromatic N) is 2. The maximum atomic E-state index is 12.9. The van der Waals surface area contributed by atoms with E-state index < -0.39 is 0 Å². The summed E-state index contributed by atoms with van der Waals surface area (Å²) in [5.74, 6) is 0.810. The fourth-order valence-electron chi connectivity index (χ4n) is 2.90. The van der Waals surface area contributed by atoms with Crippen LogP contribution in [0, 0.1) is 5.92 Å². The molecule has 0 N–H and O–H groups in total. The van der Waals surface area contributed by atoms with Crippen LogP contribution < -0.4 is 0 Å². The number of pyridine rings is 1. The first-order chi connectivity index (χ1) is 10.8. The number of likely N-dealkylation sites (N-methyl/N-ethyl adjacent to an activating group) is 1. The van der Waals surface area contributed by atoms with Gasteiger partial charge in [-0.1, -0.05) is 30.3 Å². The Morgan fingerprint density at radius 1 is 1.18 bits per heavy atom. The van der Waals surface area contributed by atoms with Crippen LogP contribution in [0.25, 0.3) is 0 Å². The van der Waals surface area contributed by atoms with Gasteiger partial charge in [-0.05, 0) is 48.4 Å². The van der Waals surface area contributed by atoms with Gasteiger partial charge in [-0.2, -0.15) is 0 Å². The molecule has 3 nitrogen and oxygen atoms in total. The largest absolute Gasteiger partial charge is 0.345 e. The van der Waals surface area contributed by atoms with E-state index in [0.717, 1.165) is 18.5 Å². The Labute approximate surface area is 132 Å². The summed E-state index contributed by atoms with van der Waals surface area (Å²) in [6, 6.07) is 14.2. The lowest BCUT2D eigenvalue weighted by molar-refractivity contribution is -0.132. The van der Waals surface area contributed by atoms with Crippen molar-refractivity contribution in [3.63, 3.8) is 0 Å². The maximum absolute atomic E-state index is 12.9. The zero-order chi connectivity index (χ0) is 15.4. The van der Waals surface area contributed by atoms with Crippen molar-refractivity contribution in [3.05, 3.63) is 66.0 Å². The molecule has 0 saturated heterocycles. The molecule has 1 aromatic heterocycles. The number of hydrogen-bond acceptors (Lipinski definition) is 2. The Balaban J connectivity index is 1.65. The van der Waals surface area contributed by atoms with E-state index in [4.69, 9.17) is 0 Å². The summed E-state index contributed by atoms with van der Waals surface area (Å²) in [4.78, 5) is 18.8. The van der Waals surface area contributed by atoms with E-state index in [0.29, 0.717) is 5.92 Å². The quantitative estimate of drug-likeness (QED) is 0.819. The minimum absolute atomic E-state index is 0.0311. The van der Waals surface area contributed by atoms with E-state index in [-0.39, 0.29) is 11.8 Å². The predicted molar refractivity (Wildman–Crippen MR) is 87.5 cm³/mol. The van der Waals surface area contributed by atoms with Crippen molar-refractivity contribution in [1.82, 2.24) is 9.88 Å². The van der Waals surface area contributed by atoms with Crippen molar-refractivity contribution in [2.24, 2.45) is 5.92 Å². The van der Waals surface area contributed by atoms with Crippen LogP contribution in [-0.2, 0) is 11.2 Å². The standard InChI is InChI=1S/C19H22N2O/c1-21(14-11-15-9-12-20-13-10-15)19(22)18(17-7-8-17)16-5-3-2-4-6-16/h2-6,9-10,12-13,17-18H,7-8,11,14H2,1H3. The van der Waals surface area contributed by atoms with E-state index in [1.54, 1.807) is 12.4 Å². The van der Waals surface area contributed by atoms with E-state index >= 15 is 0 Å². The summed E-state index contributed by atoms with van der Waals surface area (Å²) in [6.07, 6.45) is 6.81. The average molecular weight is 294 g/mol. The van der Waals surface area contributed by atoms with E-state index in [2.05, 4.69) is 17.1 Å². The van der Waals surface area contributed by atoms with E-state index in [1.807, 2.05) is 42.3 Å². The molecule has 1 heterocycles. The smallest absolute Gasteiger partial charge is 0.230 e. The predicted octanol–water partition coefficient (Wildman–Crippen LogP) is 3.28. The number of benzene rings is 1. The van der Waals surface area contributed by atoms with Crippen LogP contribution in [0.4, 0.5) is 0 Å². The third-order valence-electron chi connectivity index (χ3n) is 4.38. The second-order valence-corrected chi connectivity index (χ2v) is 6.09. The molecule has 0 spiro atoms. The van der Waals surface area contributed by atoms with Crippen molar-refractivity contribution in [2.45, 2.75) is 25.2 Å². The van der Waals surface area contributed by atoms with Crippen LogP contribution in [0.15, 0.2) is 54.9 Å². The summed E-state index contributed by atoms with van der Waals surface area (Å²) in [5, 5.41) is 0. The lowest BCUT2D eigenvalue weighted by Crippen LogP contribution is -2.34. The van der Waals surface area contributed by atoms with Gasteiger partial charge in [0.2, 0.25) is 5.91 Å². The summed E-state index contributed by atoms with van der Waals surface area (Å²) in [5.41, 5.74) is 2.38. The molecule has 1 amide bonds. The highest BCUT2D eigenvalue weighted by atomic mass is 16.2. The molecule has 3 heteroatoms. The number of aromatic nitrogens is 1. The van der Waals surface area contributed by atoms with Gasteiger partial charge in [0.05, 0.1) is 5.92 Å². The molecule has 0 radical (unpaired) electrons. The highest BCUT2D eigenvalue weighted by Gasteiger charge is 2.38. The van der Waals surface area contributed by atoms with Crippen LogP contribution in [0.1, 0.15) is 29.9 Å². The second-order valence-electron chi connectivity index (χ2n) is 6.09. The minimum atomic E-state index is 0.0311. The fraction of sp³-hybridized carbons (Fsp3) is 0.368. The number of amides is 1. The van der Waals surface area contributed by atoms with Crippen LogP contribution in [0.2, 0.25) is 0 Å². The number of hydrogen-bond donors (Lipinski definition) is 0. The van der Waals surface area contributed by atoms with Gasteiger partial charge in [-0.3, -0.25) is 9.78 Å². The molecule has 0 bridgehead atoms. The number of rotatable bonds is 6. The molecule has 22 heavy (non-hydrogen) atoms. The van der Waals surface area contributed by atoms with Gasteiger partial charge in [0.25, 0.3) is 0 Å². The zero-order valence-electron chi connectivity index (χ0n) is 13.0. The van der Waals surface area contributed by atoms with Gasteiger partial charge < -0.3 is 4.90 Å². The average Bonchev–Trinajstić information content (AvgIpc) is 3.39. The molecule has 3 rings (SSSR count). The zero-order valence-corrected chi connectivity index (χ0v) is 13.0. The van der Waals surface area contributed by atoms with Crippen LogP contribution in [0.3, 0.4) is 0 Å².